The van der Waals surface area contributed by atoms with Gasteiger partial charge in [0.2, 0.25) is 0 Å². The van der Waals surface area contributed by atoms with Gasteiger partial charge in [-0.05, 0) is 24.8 Å². The summed E-state index contributed by atoms with van der Waals surface area (Å²) in [5.74, 6) is 0.174. The Labute approximate surface area is 127 Å². The highest BCUT2D eigenvalue weighted by Gasteiger charge is 2.19. The number of carbonyl (C=O) groups is 1. The third-order valence-electron chi connectivity index (χ3n) is 2.71. The van der Waals surface area contributed by atoms with Crippen molar-refractivity contribution in [2.24, 2.45) is 5.92 Å². The van der Waals surface area contributed by atoms with Gasteiger partial charge in [0, 0.05) is 18.2 Å². The Morgan fingerprint density at radius 3 is 2.60 bits per heavy atom. The summed E-state index contributed by atoms with van der Waals surface area (Å²) >= 11 is 11.5. The second-order valence-electron chi connectivity index (χ2n) is 4.84. The summed E-state index contributed by atoms with van der Waals surface area (Å²) in [5.41, 5.74) is -0.234. The Hall–Kier alpha value is -1.33. The molecular weight excluding hydrogens is 303 g/mol. The normalized spacial score (nSPS) is 10.7. The number of benzene rings is 1. The van der Waals surface area contributed by atoms with Crippen molar-refractivity contribution in [1.82, 2.24) is 5.32 Å². The van der Waals surface area contributed by atoms with Crippen LogP contribution in [0.5, 0.6) is 0 Å². The number of amides is 1. The summed E-state index contributed by atoms with van der Waals surface area (Å²) < 4.78 is 0. The average Bonchev–Trinajstić information content (AvgIpc) is 2.36. The van der Waals surface area contributed by atoms with Gasteiger partial charge in [0.15, 0.2) is 0 Å². The molecule has 1 N–H and O–H groups in total. The van der Waals surface area contributed by atoms with Crippen molar-refractivity contribution in [3.8, 4) is 0 Å². The number of hydrogen-bond donors (Lipinski definition) is 1. The summed E-state index contributed by atoms with van der Waals surface area (Å²) in [7, 11) is 0. The summed E-state index contributed by atoms with van der Waals surface area (Å²) in [4.78, 5) is 22.0. The maximum absolute atomic E-state index is 11.9. The molecule has 0 saturated carbocycles. The van der Waals surface area contributed by atoms with Crippen LogP contribution in [0.15, 0.2) is 12.1 Å². The molecule has 1 aromatic rings. The van der Waals surface area contributed by atoms with E-state index in [1.807, 2.05) is 0 Å². The fourth-order valence-electron chi connectivity index (χ4n) is 1.65. The lowest BCUT2D eigenvalue weighted by Gasteiger charge is -2.08. The van der Waals surface area contributed by atoms with E-state index in [4.69, 9.17) is 23.2 Å². The lowest BCUT2D eigenvalue weighted by atomic mass is 10.1. The van der Waals surface area contributed by atoms with Crippen LogP contribution >= 0.6 is 23.2 Å². The summed E-state index contributed by atoms with van der Waals surface area (Å²) in [5, 5.41) is 13.4. The molecule has 0 aromatic heterocycles. The summed E-state index contributed by atoms with van der Waals surface area (Å²) in [6, 6.07) is 2.46. The first kappa shape index (κ1) is 16.7. The summed E-state index contributed by atoms with van der Waals surface area (Å²) in [6.45, 7) is 4.72. The van der Waals surface area contributed by atoms with E-state index in [2.05, 4.69) is 19.2 Å². The molecule has 1 amide bonds. The van der Waals surface area contributed by atoms with Gasteiger partial charge in [0.1, 0.15) is 5.02 Å². The van der Waals surface area contributed by atoms with Crippen molar-refractivity contribution in [1.29, 1.82) is 0 Å². The second kappa shape index (κ2) is 7.45. The van der Waals surface area contributed by atoms with Crippen molar-refractivity contribution in [3.63, 3.8) is 0 Å². The number of nitro benzene ring substituents is 1. The molecule has 5 nitrogen and oxygen atoms in total. The molecule has 7 heteroatoms. The highest BCUT2D eigenvalue weighted by molar-refractivity contribution is 6.43. The van der Waals surface area contributed by atoms with E-state index in [0.717, 1.165) is 18.9 Å². The van der Waals surface area contributed by atoms with Crippen LogP contribution in [0.4, 0.5) is 5.69 Å². The van der Waals surface area contributed by atoms with Gasteiger partial charge in [-0.15, -0.1) is 0 Å². The first-order chi connectivity index (χ1) is 9.32. The topological polar surface area (TPSA) is 72.2 Å². The molecule has 0 unspecified atom stereocenters. The van der Waals surface area contributed by atoms with Gasteiger partial charge >= 0.3 is 0 Å². The minimum absolute atomic E-state index is 0.00630. The van der Waals surface area contributed by atoms with Crippen molar-refractivity contribution >= 4 is 34.8 Å². The zero-order chi connectivity index (χ0) is 15.3. The molecule has 1 aromatic carbocycles. The Morgan fingerprint density at radius 1 is 1.40 bits per heavy atom. The number of carbonyl (C=O) groups excluding carboxylic acids is 1. The molecule has 0 bridgehead atoms. The van der Waals surface area contributed by atoms with Gasteiger partial charge in [-0.1, -0.05) is 37.0 Å². The van der Waals surface area contributed by atoms with E-state index in [9.17, 15) is 14.9 Å². The molecule has 110 valence electrons. The van der Waals surface area contributed by atoms with Crippen LogP contribution < -0.4 is 5.32 Å². The van der Waals surface area contributed by atoms with Crippen molar-refractivity contribution in [2.45, 2.75) is 26.7 Å². The van der Waals surface area contributed by atoms with Crippen LogP contribution in [0, 0.1) is 16.0 Å². The average molecular weight is 319 g/mol. The zero-order valence-corrected chi connectivity index (χ0v) is 12.8. The maximum atomic E-state index is 11.9. The van der Waals surface area contributed by atoms with E-state index < -0.39 is 10.8 Å². The van der Waals surface area contributed by atoms with Crippen molar-refractivity contribution < 1.29 is 9.72 Å². The SMILES string of the molecule is CC(C)CCCNC(=O)c1cc(Cl)c(Cl)c([N+](=O)[O-])c1. The van der Waals surface area contributed by atoms with Crippen LogP contribution in [0.3, 0.4) is 0 Å². The molecule has 0 aliphatic carbocycles. The number of nitrogens with zero attached hydrogens (tertiary/aromatic N) is 1. The molecule has 0 saturated heterocycles. The third kappa shape index (κ3) is 4.65. The number of halogens is 2. The minimum atomic E-state index is -0.663. The highest BCUT2D eigenvalue weighted by Crippen LogP contribution is 2.32. The molecule has 0 radical (unpaired) electrons. The Morgan fingerprint density at radius 2 is 2.05 bits per heavy atom. The third-order valence-corrected chi connectivity index (χ3v) is 3.50. The Kier molecular flexibility index (Phi) is 6.23. The van der Waals surface area contributed by atoms with Crippen LogP contribution in [0.25, 0.3) is 0 Å². The van der Waals surface area contributed by atoms with E-state index >= 15 is 0 Å². The van der Waals surface area contributed by atoms with Gasteiger partial charge in [0.25, 0.3) is 11.6 Å². The first-order valence-corrected chi connectivity index (χ1v) is 7.00. The minimum Gasteiger partial charge on any atom is -0.352 e. The standard InChI is InChI=1S/C13H16Cl2N2O3/c1-8(2)4-3-5-16-13(18)9-6-10(14)12(15)11(7-9)17(19)20/h6-8H,3-5H2,1-2H3,(H,16,18). The molecule has 0 atom stereocenters. The smallest absolute Gasteiger partial charge is 0.290 e. The van der Waals surface area contributed by atoms with E-state index in [1.54, 1.807) is 0 Å². The van der Waals surface area contributed by atoms with Crippen molar-refractivity contribution in [3.05, 3.63) is 37.9 Å². The predicted molar refractivity (Wildman–Crippen MR) is 79.5 cm³/mol. The van der Waals surface area contributed by atoms with E-state index in [-0.39, 0.29) is 21.3 Å². The zero-order valence-electron chi connectivity index (χ0n) is 11.3. The Balaban J connectivity index is 2.76. The lowest BCUT2D eigenvalue weighted by molar-refractivity contribution is -0.384. The summed E-state index contributed by atoms with van der Waals surface area (Å²) in [6.07, 6.45) is 1.86. The van der Waals surface area contributed by atoms with Crippen LogP contribution in [-0.4, -0.2) is 17.4 Å². The van der Waals surface area contributed by atoms with Crippen LogP contribution in [-0.2, 0) is 0 Å². The number of nitrogens with one attached hydrogen (secondary N) is 1. The molecule has 20 heavy (non-hydrogen) atoms. The predicted octanol–water partition coefficient (Wildman–Crippen LogP) is 4.07. The van der Waals surface area contributed by atoms with Gasteiger partial charge in [-0.2, -0.15) is 0 Å². The largest absolute Gasteiger partial charge is 0.352 e. The number of hydrogen-bond acceptors (Lipinski definition) is 3. The first-order valence-electron chi connectivity index (χ1n) is 6.24. The molecule has 0 aliphatic heterocycles. The molecule has 0 aliphatic rings. The molecular formula is C13H16Cl2N2O3. The van der Waals surface area contributed by atoms with Gasteiger partial charge < -0.3 is 5.32 Å². The molecule has 0 spiro atoms. The van der Waals surface area contributed by atoms with Gasteiger partial charge in [-0.3, -0.25) is 14.9 Å². The van der Waals surface area contributed by atoms with Crippen LogP contribution in [0.1, 0.15) is 37.0 Å². The monoisotopic (exact) mass is 318 g/mol. The second-order valence-corrected chi connectivity index (χ2v) is 5.63. The van der Waals surface area contributed by atoms with E-state index in [0.29, 0.717) is 12.5 Å². The fraction of sp³-hybridized carbons (Fsp3) is 0.462. The van der Waals surface area contributed by atoms with Gasteiger partial charge in [-0.25, -0.2) is 0 Å². The van der Waals surface area contributed by atoms with Crippen LogP contribution in [0.2, 0.25) is 10.0 Å². The Bertz CT molecular complexity index is 519. The lowest BCUT2D eigenvalue weighted by Crippen LogP contribution is -2.24. The fourth-order valence-corrected chi connectivity index (χ4v) is 2.05. The quantitative estimate of drug-likeness (QED) is 0.488. The molecule has 1 rings (SSSR count). The molecule has 0 heterocycles. The number of nitro groups is 1. The highest BCUT2D eigenvalue weighted by atomic mass is 35.5. The molecule has 0 fully saturated rings. The van der Waals surface area contributed by atoms with Gasteiger partial charge in [0.05, 0.1) is 9.95 Å². The van der Waals surface area contributed by atoms with Crippen molar-refractivity contribution in [2.75, 3.05) is 6.54 Å². The number of rotatable bonds is 6. The maximum Gasteiger partial charge on any atom is 0.290 e. The van der Waals surface area contributed by atoms with E-state index in [1.165, 1.54) is 6.07 Å².